The summed E-state index contributed by atoms with van der Waals surface area (Å²) in [6.07, 6.45) is 1.02. The number of aromatic nitrogens is 1. The number of aryl methyl sites for hydroxylation is 1. The molecular weight excluding hydrogens is 332 g/mol. The van der Waals surface area contributed by atoms with Gasteiger partial charge in [0.25, 0.3) is 5.91 Å². The van der Waals surface area contributed by atoms with Crippen LogP contribution in [-0.4, -0.2) is 18.0 Å². The maximum Gasteiger partial charge on any atom is 0.257 e. The van der Waals surface area contributed by atoms with Gasteiger partial charge in [0.1, 0.15) is 0 Å². The van der Waals surface area contributed by atoms with E-state index in [0.717, 1.165) is 23.2 Å². The molecule has 0 saturated heterocycles. The predicted molar refractivity (Wildman–Crippen MR) is 102 cm³/mol. The number of methoxy groups -OCH3 is 1. The Morgan fingerprint density at radius 1 is 1.08 bits per heavy atom. The number of hydrogen-bond acceptors (Lipinski definition) is 4. The highest BCUT2D eigenvalue weighted by Gasteiger charge is 2.10. The second kappa shape index (κ2) is 8.05. The molecule has 0 fully saturated rings. The number of carbonyl (C=O) groups is 1. The third kappa shape index (κ3) is 4.32. The Balaban J connectivity index is 1.68. The quantitative estimate of drug-likeness (QED) is 0.695. The summed E-state index contributed by atoms with van der Waals surface area (Å²) in [5.41, 5.74) is 4.86. The van der Waals surface area contributed by atoms with Crippen molar-refractivity contribution in [2.24, 2.45) is 0 Å². The van der Waals surface area contributed by atoms with Gasteiger partial charge in [-0.1, -0.05) is 43.3 Å². The van der Waals surface area contributed by atoms with E-state index in [9.17, 15) is 4.79 Å². The Morgan fingerprint density at radius 2 is 1.76 bits per heavy atom. The molecule has 128 valence electrons. The minimum absolute atomic E-state index is 0.161. The van der Waals surface area contributed by atoms with Crippen molar-refractivity contribution in [3.63, 3.8) is 0 Å². The minimum atomic E-state index is -0.161. The normalized spacial score (nSPS) is 10.6. The molecule has 3 rings (SSSR count). The van der Waals surface area contributed by atoms with E-state index in [-0.39, 0.29) is 5.91 Å². The van der Waals surface area contributed by atoms with Gasteiger partial charge in [-0.25, -0.2) is 4.98 Å². The summed E-state index contributed by atoms with van der Waals surface area (Å²) >= 11 is 1.43. The lowest BCUT2D eigenvalue weighted by Gasteiger charge is -2.04. The topological polar surface area (TPSA) is 51.2 Å². The zero-order valence-corrected chi connectivity index (χ0v) is 15.1. The largest absolute Gasteiger partial charge is 0.380 e. The van der Waals surface area contributed by atoms with Crippen LogP contribution in [0.2, 0.25) is 0 Å². The zero-order valence-electron chi connectivity index (χ0n) is 14.3. The maximum atomic E-state index is 12.3. The number of amides is 1. The van der Waals surface area contributed by atoms with Gasteiger partial charge in [-0.3, -0.25) is 10.1 Å². The number of benzene rings is 2. The minimum Gasteiger partial charge on any atom is -0.380 e. The van der Waals surface area contributed by atoms with E-state index < -0.39 is 0 Å². The Bertz CT molecular complexity index is 839. The maximum absolute atomic E-state index is 12.3. The lowest BCUT2D eigenvalue weighted by atomic mass is 10.1. The molecule has 2 aromatic carbocycles. The van der Waals surface area contributed by atoms with Gasteiger partial charge in [-0.05, 0) is 29.7 Å². The molecule has 0 aliphatic heterocycles. The molecule has 5 heteroatoms. The van der Waals surface area contributed by atoms with E-state index in [0.29, 0.717) is 17.3 Å². The molecule has 1 amide bonds. The number of ether oxygens (including phenoxy) is 1. The summed E-state index contributed by atoms with van der Waals surface area (Å²) in [6, 6.07) is 15.7. The Kier molecular flexibility index (Phi) is 5.58. The van der Waals surface area contributed by atoms with Crippen molar-refractivity contribution in [2.75, 3.05) is 12.4 Å². The van der Waals surface area contributed by atoms with E-state index in [2.05, 4.69) is 41.5 Å². The predicted octanol–water partition coefficient (Wildman–Crippen LogP) is 4.77. The summed E-state index contributed by atoms with van der Waals surface area (Å²) < 4.78 is 5.07. The van der Waals surface area contributed by atoms with Crippen LogP contribution in [0.25, 0.3) is 11.3 Å². The van der Waals surface area contributed by atoms with Gasteiger partial charge in [0.05, 0.1) is 12.3 Å². The molecule has 4 nitrogen and oxygen atoms in total. The van der Waals surface area contributed by atoms with Gasteiger partial charge in [-0.2, -0.15) is 0 Å². The molecule has 0 aliphatic rings. The van der Waals surface area contributed by atoms with Crippen molar-refractivity contribution >= 4 is 22.4 Å². The van der Waals surface area contributed by atoms with Crippen LogP contribution in [0.5, 0.6) is 0 Å². The van der Waals surface area contributed by atoms with Crippen LogP contribution in [-0.2, 0) is 17.8 Å². The molecule has 0 radical (unpaired) electrons. The molecule has 1 heterocycles. The molecule has 0 bridgehead atoms. The average molecular weight is 352 g/mol. The SMILES string of the molecule is CCc1ccc(-c2csc(NC(=O)c3ccc(COC)cc3)n2)cc1. The van der Waals surface area contributed by atoms with Crippen molar-refractivity contribution in [1.29, 1.82) is 0 Å². The van der Waals surface area contributed by atoms with E-state index in [1.165, 1.54) is 16.9 Å². The van der Waals surface area contributed by atoms with Crippen LogP contribution in [0.15, 0.2) is 53.9 Å². The molecule has 0 unspecified atom stereocenters. The molecule has 1 N–H and O–H groups in total. The van der Waals surface area contributed by atoms with Gasteiger partial charge < -0.3 is 4.74 Å². The molecule has 1 aromatic heterocycles. The monoisotopic (exact) mass is 352 g/mol. The Morgan fingerprint density at radius 3 is 2.40 bits per heavy atom. The summed E-state index contributed by atoms with van der Waals surface area (Å²) in [6.45, 7) is 2.67. The first-order chi connectivity index (χ1) is 12.2. The fourth-order valence-electron chi connectivity index (χ4n) is 2.46. The van der Waals surface area contributed by atoms with Gasteiger partial charge in [-0.15, -0.1) is 11.3 Å². The summed E-state index contributed by atoms with van der Waals surface area (Å²) in [4.78, 5) is 16.9. The van der Waals surface area contributed by atoms with Crippen LogP contribution in [0.1, 0.15) is 28.4 Å². The van der Waals surface area contributed by atoms with Gasteiger partial charge >= 0.3 is 0 Å². The molecule has 0 atom stereocenters. The molecular formula is C20H20N2O2S. The molecule has 0 saturated carbocycles. The fraction of sp³-hybridized carbons (Fsp3) is 0.200. The lowest BCUT2D eigenvalue weighted by molar-refractivity contribution is 0.102. The first-order valence-corrected chi connectivity index (χ1v) is 9.01. The van der Waals surface area contributed by atoms with Crippen molar-refractivity contribution in [2.45, 2.75) is 20.0 Å². The van der Waals surface area contributed by atoms with Gasteiger partial charge in [0.15, 0.2) is 5.13 Å². The number of nitrogens with one attached hydrogen (secondary N) is 1. The first kappa shape index (κ1) is 17.3. The van der Waals surface area contributed by atoms with Gasteiger partial charge in [0.2, 0.25) is 0 Å². The van der Waals surface area contributed by atoms with Crippen molar-refractivity contribution in [3.8, 4) is 11.3 Å². The Hall–Kier alpha value is -2.50. The number of rotatable bonds is 6. The van der Waals surface area contributed by atoms with Crippen LogP contribution in [0.4, 0.5) is 5.13 Å². The van der Waals surface area contributed by atoms with E-state index >= 15 is 0 Å². The van der Waals surface area contributed by atoms with Crippen molar-refractivity contribution < 1.29 is 9.53 Å². The second-order valence-corrected chi connectivity index (χ2v) is 6.53. The van der Waals surface area contributed by atoms with Crippen molar-refractivity contribution in [1.82, 2.24) is 4.98 Å². The van der Waals surface area contributed by atoms with Crippen LogP contribution in [0.3, 0.4) is 0 Å². The van der Waals surface area contributed by atoms with Crippen LogP contribution in [0, 0.1) is 0 Å². The standard InChI is InChI=1S/C20H20N2O2S/c1-3-14-4-8-16(9-5-14)18-13-25-20(21-18)22-19(23)17-10-6-15(7-11-17)12-24-2/h4-11,13H,3,12H2,1-2H3,(H,21,22,23). The smallest absolute Gasteiger partial charge is 0.257 e. The Labute approximate surface area is 151 Å². The lowest BCUT2D eigenvalue weighted by Crippen LogP contribution is -2.11. The highest BCUT2D eigenvalue weighted by Crippen LogP contribution is 2.25. The first-order valence-electron chi connectivity index (χ1n) is 8.13. The van der Waals surface area contributed by atoms with E-state index in [1.54, 1.807) is 19.2 Å². The van der Waals surface area contributed by atoms with Crippen LogP contribution >= 0.6 is 11.3 Å². The summed E-state index contributed by atoms with van der Waals surface area (Å²) in [5.74, 6) is -0.161. The van der Waals surface area contributed by atoms with Gasteiger partial charge in [0, 0.05) is 23.6 Å². The summed E-state index contributed by atoms with van der Waals surface area (Å²) in [5, 5.41) is 5.41. The summed E-state index contributed by atoms with van der Waals surface area (Å²) in [7, 11) is 1.65. The molecule has 25 heavy (non-hydrogen) atoms. The van der Waals surface area contributed by atoms with Crippen molar-refractivity contribution in [3.05, 3.63) is 70.6 Å². The molecule has 3 aromatic rings. The number of anilines is 1. The number of thiazole rings is 1. The van der Waals surface area contributed by atoms with E-state index in [1.807, 2.05) is 17.5 Å². The molecule has 0 spiro atoms. The average Bonchev–Trinajstić information content (AvgIpc) is 3.11. The number of carbonyl (C=O) groups excluding carboxylic acids is 1. The van der Waals surface area contributed by atoms with E-state index in [4.69, 9.17) is 4.74 Å². The number of nitrogens with zero attached hydrogens (tertiary/aromatic N) is 1. The molecule has 0 aliphatic carbocycles. The zero-order chi connectivity index (χ0) is 17.6. The number of hydrogen-bond donors (Lipinski definition) is 1. The highest BCUT2D eigenvalue weighted by atomic mass is 32.1. The fourth-order valence-corrected chi connectivity index (χ4v) is 3.18. The highest BCUT2D eigenvalue weighted by molar-refractivity contribution is 7.14. The second-order valence-electron chi connectivity index (χ2n) is 5.67. The third-order valence-corrected chi connectivity index (χ3v) is 4.67. The van der Waals surface area contributed by atoms with Crippen LogP contribution < -0.4 is 5.32 Å². The third-order valence-electron chi connectivity index (χ3n) is 3.91.